The van der Waals surface area contributed by atoms with Crippen molar-refractivity contribution < 1.29 is 14.3 Å². The molecule has 1 aliphatic heterocycles. The molecule has 1 aromatic rings. The van der Waals surface area contributed by atoms with Crippen molar-refractivity contribution in [3.05, 3.63) is 23.8 Å². The highest BCUT2D eigenvalue weighted by Crippen LogP contribution is 2.33. The van der Waals surface area contributed by atoms with Gasteiger partial charge in [-0.15, -0.1) is 0 Å². The number of carbonyl (C=O) groups excluding carboxylic acids is 1. The van der Waals surface area contributed by atoms with Crippen LogP contribution >= 0.6 is 0 Å². The molecule has 1 aliphatic rings. The standard InChI is InChI=1S/C21H35N3O3/c1-3-4-5-6-7-14-27-20-17(10-8-12-19(20)26-2)15-24-13-9-11-18(16-24)21(25)23-22/h8,10,12,18H,3-7,9,11,13-16,22H2,1-2H3,(H,23,25). The first-order valence-electron chi connectivity index (χ1n) is 10.2. The highest BCUT2D eigenvalue weighted by Gasteiger charge is 2.26. The molecule has 1 aromatic carbocycles. The van der Waals surface area contributed by atoms with Gasteiger partial charge in [0.05, 0.1) is 19.6 Å². The van der Waals surface area contributed by atoms with Gasteiger partial charge < -0.3 is 9.47 Å². The Bertz CT molecular complexity index is 580. The van der Waals surface area contributed by atoms with Crippen molar-refractivity contribution in [2.24, 2.45) is 11.8 Å². The van der Waals surface area contributed by atoms with Gasteiger partial charge in [-0.3, -0.25) is 15.1 Å². The summed E-state index contributed by atoms with van der Waals surface area (Å²) < 4.78 is 11.6. The molecule has 1 saturated heterocycles. The van der Waals surface area contributed by atoms with Crippen LogP contribution in [-0.4, -0.2) is 37.6 Å². The summed E-state index contributed by atoms with van der Waals surface area (Å²) in [4.78, 5) is 14.2. The van der Waals surface area contributed by atoms with Crippen molar-refractivity contribution in [1.82, 2.24) is 10.3 Å². The Balaban J connectivity index is 1.97. The number of hydrogen-bond donors (Lipinski definition) is 2. The van der Waals surface area contributed by atoms with Crippen molar-refractivity contribution in [3.8, 4) is 11.5 Å². The molecule has 2 rings (SSSR count). The Morgan fingerprint density at radius 3 is 2.85 bits per heavy atom. The van der Waals surface area contributed by atoms with Crippen molar-refractivity contribution in [1.29, 1.82) is 0 Å². The first-order valence-corrected chi connectivity index (χ1v) is 10.2. The highest BCUT2D eigenvalue weighted by atomic mass is 16.5. The number of amides is 1. The molecule has 0 aromatic heterocycles. The summed E-state index contributed by atoms with van der Waals surface area (Å²) in [6.07, 6.45) is 7.93. The summed E-state index contributed by atoms with van der Waals surface area (Å²) in [7, 11) is 1.68. The number of benzene rings is 1. The molecule has 1 fully saturated rings. The van der Waals surface area contributed by atoms with E-state index in [4.69, 9.17) is 15.3 Å². The van der Waals surface area contributed by atoms with Crippen LogP contribution < -0.4 is 20.7 Å². The molecule has 0 spiro atoms. The molecular weight excluding hydrogens is 342 g/mol. The number of hydrazine groups is 1. The zero-order chi connectivity index (χ0) is 19.5. The molecule has 0 radical (unpaired) electrons. The third-order valence-electron chi connectivity index (χ3n) is 5.19. The van der Waals surface area contributed by atoms with Crippen molar-refractivity contribution in [2.45, 2.75) is 58.4 Å². The maximum atomic E-state index is 11.9. The van der Waals surface area contributed by atoms with Crippen LogP contribution in [0.3, 0.4) is 0 Å². The van der Waals surface area contributed by atoms with Crippen LogP contribution in [0.4, 0.5) is 0 Å². The monoisotopic (exact) mass is 377 g/mol. The second kappa shape index (κ2) is 11.8. The second-order valence-electron chi connectivity index (χ2n) is 7.29. The Hall–Kier alpha value is -1.79. The van der Waals surface area contributed by atoms with E-state index in [-0.39, 0.29) is 11.8 Å². The lowest BCUT2D eigenvalue weighted by Gasteiger charge is -2.32. The zero-order valence-electron chi connectivity index (χ0n) is 16.8. The molecule has 6 nitrogen and oxygen atoms in total. The average Bonchev–Trinajstić information content (AvgIpc) is 2.70. The van der Waals surface area contributed by atoms with Crippen LogP contribution in [0.25, 0.3) is 0 Å². The van der Waals surface area contributed by atoms with Gasteiger partial charge in [-0.2, -0.15) is 0 Å². The van der Waals surface area contributed by atoms with Crippen LogP contribution in [-0.2, 0) is 11.3 Å². The first kappa shape index (κ1) is 21.5. The fraction of sp³-hybridized carbons (Fsp3) is 0.667. The summed E-state index contributed by atoms with van der Waals surface area (Å²) in [6, 6.07) is 6.02. The van der Waals surface area contributed by atoms with E-state index in [9.17, 15) is 4.79 Å². The van der Waals surface area contributed by atoms with Crippen molar-refractivity contribution in [2.75, 3.05) is 26.8 Å². The number of unbranched alkanes of at least 4 members (excludes halogenated alkanes) is 4. The third kappa shape index (κ3) is 6.70. The summed E-state index contributed by atoms with van der Waals surface area (Å²) in [5, 5.41) is 0. The fourth-order valence-corrected chi connectivity index (χ4v) is 3.66. The van der Waals surface area contributed by atoms with E-state index in [1.165, 1.54) is 25.7 Å². The number of hydrogen-bond acceptors (Lipinski definition) is 5. The van der Waals surface area contributed by atoms with Gasteiger partial charge in [-0.05, 0) is 31.9 Å². The maximum absolute atomic E-state index is 11.9. The van der Waals surface area contributed by atoms with E-state index in [1.807, 2.05) is 12.1 Å². The zero-order valence-corrected chi connectivity index (χ0v) is 16.8. The van der Waals surface area contributed by atoms with Crippen LogP contribution in [0, 0.1) is 5.92 Å². The van der Waals surface area contributed by atoms with Gasteiger partial charge in [-0.1, -0.05) is 44.7 Å². The molecule has 27 heavy (non-hydrogen) atoms. The van der Waals surface area contributed by atoms with Gasteiger partial charge in [0.15, 0.2) is 11.5 Å². The fourth-order valence-electron chi connectivity index (χ4n) is 3.66. The van der Waals surface area contributed by atoms with E-state index in [0.29, 0.717) is 6.61 Å². The minimum Gasteiger partial charge on any atom is -0.493 e. The normalized spacial score (nSPS) is 17.5. The average molecular weight is 378 g/mol. The Morgan fingerprint density at radius 2 is 2.11 bits per heavy atom. The molecule has 6 heteroatoms. The van der Waals surface area contributed by atoms with Gasteiger partial charge in [-0.25, -0.2) is 5.84 Å². The number of piperidine rings is 1. The number of carbonyl (C=O) groups is 1. The number of methoxy groups -OCH3 is 1. The third-order valence-corrected chi connectivity index (χ3v) is 5.19. The van der Waals surface area contributed by atoms with E-state index in [0.717, 1.165) is 56.0 Å². The lowest BCUT2D eigenvalue weighted by Crippen LogP contribution is -2.44. The van der Waals surface area contributed by atoms with Crippen molar-refractivity contribution in [3.63, 3.8) is 0 Å². The molecule has 1 heterocycles. The number of nitrogens with zero attached hydrogens (tertiary/aromatic N) is 1. The topological polar surface area (TPSA) is 76.8 Å². The minimum absolute atomic E-state index is 0.0442. The molecule has 1 amide bonds. The van der Waals surface area contributed by atoms with Gasteiger partial charge in [0, 0.05) is 18.7 Å². The molecule has 0 aliphatic carbocycles. The number of ether oxygens (including phenoxy) is 2. The smallest absolute Gasteiger partial charge is 0.238 e. The summed E-state index contributed by atoms with van der Waals surface area (Å²) in [5.74, 6) is 6.79. The van der Waals surface area contributed by atoms with E-state index in [2.05, 4.69) is 23.3 Å². The van der Waals surface area contributed by atoms with Crippen molar-refractivity contribution >= 4 is 5.91 Å². The number of rotatable bonds is 11. The number of likely N-dealkylation sites (tertiary alicyclic amines) is 1. The summed E-state index contributed by atoms with van der Waals surface area (Å²) in [5.41, 5.74) is 3.40. The summed E-state index contributed by atoms with van der Waals surface area (Å²) >= 11 is 0. The van der Waals surface area contributed by atoms with Crippen LogP contribution in [0.15, 0.2) is 18.2 Å². The Morgan fingerprint density at radius 1 is 1.30 bits per heavy atom. The van der Waals surface area contributed by atoms with Crippen LogP contribution in [0.2, 0.25) is 0 Å². The SMILES string of the molecule is CCCCCCCOc1c(CN2CCCC(C(=O)NN)C2)cccc1OC. The molecule has 152 valence electrons. The van der Waals surface area contributed by atoms with E-state index >= 15 is 0 Å². The Kier molecular flexibility index (Phi) is 9.42. The maximum Gasteiger partial charge on any atom is 0.238 e. The first-order chi connectivity index (χ1) is 13.2. The second-order valence-corrected chi connectivity index (χ2v) is 7.29. The van der Waals surface area contributed by atoms with Crippen LogP contribution in [0.1, 0.15) is 57.4 Å². The Labute approximate surface area is 163 Å². The quantitative estimate of drug-likeness (QED) is 0.268. The molecule has 1 unspecified atom stereocenters. The summed E-state index contributed by atoms with van der Waals surface area (Å²) in [6.45, 7) is 5.37. The predicted molar refractivity (Wildman–Crippen MR) is 108 cm³/mol. The van der Waals surface area contributed by atoms with Gasteiger partial charge in [0.25, 0.3) is 0 Å². The van der Waals surface area contributed by atoms with E-state index < -0.39 is 0 Å². The minimum atomic E-state index is -0.0751. The number of nitrogens with one attached hydrogen (secondary N) is 1. The molecule has 0 bridgehead atoms. The highest BCUT2D eigenvalue weighted by molar-refractivity contribution is 5.78. The van der Waals surface area contributed by atoms with Gasteiger partial charge >= 0.3 is 0 Å². The van der Waals surface area contributed by atoms with Gasteiger partial charge in [0.2, 0.25) is 5.91 Å². The lowest BCUT2D eigenvalue weighted by molar-refractivity contribution is -0.126. The number of para-hydroxylation sites is 1. The molecule has 3 N–H and O–H groups in total. The predicted octanol–water partition coefficient (Wildman–Crippen LogP) is 3.25. The largest absolute Gasteiger partial charge is 0.493 e. The van der Waals surface area contributed by atoms with Gasteiger partial charge in [0.1, 0.15) is 0 Å². The molecule has 1 atom stereocenters. The molecule has 0 saturated carbocycles. The van der Waals surface area contributed by atoms with E-state index in [1.54, 1.807) is 7.11 Å². The number of nitrogens with two attached hydrogens (primary N) is 1. The van der Waals surface area contributed by atoms with Crippen LogP contribution in [0.5, 0.6) is 11.5 Å². The molecular formula is C21H35N3O3. The lowest BCUT2D eigenvalue weighted by atomic mass is 9.97.